The highest BCUT2D eigenvalue weighted by Crippen LogP contribution is 2.42. The van der Waals surface area contributed by atoms with Crippen LogP contribution in [0, 0.1) is 0 Å². The van der Waals surface area contributed by atoms with Gasteiger partial charge in [-0.1, -0.05) is 0 Å². The molecule has 0 atom stereocenters. The molecule has 0 aliphatic carbocycles. The van der Waals surface area contributed by atoms with Crippen LogP contribution in [0.5, 0.6) is 5.75 Å². The van der Waals surface area contributed by atoms with Gasteiger partial charge in [-0.05, 0) is 19.1 Å². The molecule has 0 aromatic heterocycles. The Bertz CT molecular complexity index is 466. The number of alkyl halides is 3. The number of esters is 1. The molecule has 0 spiro atoms. The minimum atomic E-state index is -4.57. The third-order valence-electron chi connectivity index (χ3n) is 2.43. The van der Waals surface area contributed by atoms with Crippen LogP contribution in [0.25, 0.3) is 0 Å². The number of ether oxygens (including phenoxy) is 2. The Morgan fingerprint density at radius 1 is 1.41 bits per heavy atom. The van der Waals surface area contributed by atoms with E-state index in [1.165, 1.54) is 6.07 Å². The Kier molecular flexibility index (Phi) is 2.73. The maximum Gasteiger partial charge on any atom is 0.420 e. The van der Waals surface area contributed by atoms with Crippen molar-refractivity contribution >= 4 is 5.97 Å². The maximum absolute atomic E-state index is 12.9. The summed E-state index contributed by atoms with van der Waals surface area (Å²) in [5.74, 6) is -0.995. The van der Waals surface area contributed by atoms with Crippen molar-refractivity contribution in [1.29, 1.82) is 0 Å². The lowest BCUT2D eigenvalue weighted by molar-refractivity contribution is -0.139. The second-order valence-corrected chi connectivity index (χ2v) is 3.47. The summed E-state index contributed by atoms with van der Waals surface area (Å²) in [6.07, 6.45) is -4.57. The molecule has 0 saturated heterocycles. The molecule has 6 heteroatoms. The third kappa shape index (κ3) is 1.94. The van der Waals surface area contributed by atoms with Crippen LogP contribution in [0.15, 0.2) is 12.1 Å². The SMILES string of the molecule is CCOc1ccc2c(c1C(F)(F)F)COC2=O. The summed E-state index contributed by atoms with van der Waals surface area (Å²) < 4.78 is 48.3. The molecule has 0 fully saturated rings. The Morgan fingerprint density at radius 2 is 2.12 bits per heavy atom. The molecule has 0 radical (unpaired) electrons. The standard InChI is InChI=1S/C11H9F3O3/c1-2-16-8-4-3-6-7(5-17-10(6)15)9(8)11(12,13)14/h3-4H,2,5H2,1H3. The zero-order chi connectivity index (χ0) is 12.6. The number of carbonyl (C=O) groups is 1. The summed E-state index contributed by atoms with van der Waals surface area (Å²) in [4.78, 5) is 11.2. The maximum atomic E-state index is 12.9. The van der Waals surface area contributed by atoms with Crippen LogP contribution in [0.2, 0.25) is 0 Å². The Hall–Kier alpha value is -1.72. The molecule has 17 heavy (non-hydrogen) atoms. The van der Waals surface area contributed by atoms with E-state index in [0.717, 1.165) is 6.07 Å². The fraction of sp³-hybridized carbons (Fsp3) is 0.364. The number of hydrogen-bond donors (Lipinski definition) is 0. The molecule has 3 nitrogen and oxygen atoms in total. The molecular weight excluding hydrogens is 237 g/mol. The largest absolute Gasteiger partial charge is 0.493 e. The molecule has 1 aromatic carbocycles. The minimum Gasteiger partial charge on any atom is -0.493 e. The Morgan fingerprint density at radius 3 is 2.71 bits per heavy atom. The first kappa shape index (κ1) is 11.8. The number of cyclic esters (lactones) is 1. The van der Waals surface area contributed by atoms with Crippen molar-refractivity contribution in [3.8, 4) is 5.75 Å². The monoisotopic (exact) mass is 246 g/mol. The fourth-order valence-electron chi connectivity index (χ4n) is 1.77. The number of benzene rings is 1. The molecule has 1 aromatic rings. The van der Waals surface area contributed by atoms with Gasteiger partial charge in [-0.25, -0.2) is 4.79 Å². The first-order chi connectivity index (χ1) is 7.95. The van der Waals surface area contributed by atoms with Crippen molar-refractivity contribution < 1.29 is 27.4 Å². The van der Waals surface area contributed by atoms with Gasteiger partial charge in [-0.15, -0.1) is 0 Å². The van der Waals surface area contributed by atoms with E-state index in [1.54, 1.807) is 6.92 Å². The average molecular weight is 246 g/mol. The van der Waals surface area contributed by atoms with Gasteiger partial charge in [0.15, 0.2) is 0 Å². The smallest absolute Gasteiger partial charge is 0.420 e. The van der Waals surface area contributed by atoms with Crippen LogP contribution in [-0.4, -0.2) is 12.6 Å². The highest BCUT2D eigenvalue weighted by Gasteiger charge is 2.41. The van der Waals surface area contributed by atoms with E-state index < -0.39 is 17.7 Å². The van der Waals surface area contributed by atoms with Crippen molar-refractivity contribution in [2.75, 3.05) is 6.61 Å². The van der Waals surface area contributed by atoms with E-state index in [4.69, 9.17) is 4.74 Å². The van der Waals surface area contributed by atoms with E-state index in [0.29, 0.717) is 0 Å². The highest BCUT2D eigenvalue weighted by molar-refractivity contribution is 5.94. The molecule has 0 unspecified atom stereocenters. The van der Waals surface area contributed by atoms with Gasteiger partial charge >= 0.3 is 12.1 Å². The van der Waals surface area contributed by atoms with E-state index in [-0.39, 0.29) is 30.1 Å². The molecule has 0 bridgehead atoms. The van der Waals surface area contributed by atoms with Crippen LogP contribution in [0.4, 0.5) is 13.2 Å². The Labute approximate surface area is 95.1 Å². The number of rotatable bonds is 2. The number of halogens is 3. The summed E-state index contributed by atoms with van der Waals surface area (Å²) >= 11 is 0. The summed E-state index contributed by atoms with van der Waals surface area (Å²) in [5.41, 5.74) is -1.10. The molecular formula is C11H9F3O3. The lowest BCUT2D eigenvalue weighted by Gasteiger charge is -2.15. The van der Waals surface area contributed by atoms with Crippen LogP contribution in [0.1, 0.15) is 28.4 Å². The second kappa shape index (κ2) is 3.94. The zero-order valence-electron chi connectivity index (χ0n) is 8.93. The molecule has 2 rings (SSSR count). The number of fused-ring (bicyclic) bond motifs is 1. The molecule has 0 amide bonds. The first-order valence-corrected chi connectivity index (χ1v) is 4.98. The quantitative estimate of drug-likeness (QED) is 0.753. The van der Waals surface area contributed by atoms with Gasteiger partial charge in [-0.2, -0.15) is 13.2 Å². The van der Waals surface area contributed by atoms with Gasteiger partial charge in [0.2, 0.25) is 0 Å². The summed E-state index contributed by atoms with van der Waals surface area (Å²) in [6, 6.07) is 2.45. The topological polar surface area (TPSA) is 35.5 Å². The predicted octanol–water partition coefficient (Wildman–Crippen LogP) is 2.77. The van der Waals surface area contributed by atoms with Crippen molar-refractivity contribution in [1.82, 2.24) is 0 Å². The molecule has 1 heterocycles. The van der Waals surface area contributed by atoms with E-state index in [2.05, 4.69) is 4.74 Å². The van der Waals surface area contributed by atoms with Crippen LogP contribution >= 0.6 is 0 Å². The Balaban J connectivity index is 2.62. The van der Waals surface area contributed by atoms with Crippen LogP contribution in [0.3, 0.4) is 0 Å². The molecule has 0 N–H and O–H groups in total. The van der Waals surface area contributed by atoms with Gasteiger partial charge in [0, 0.05) is 5.56 Å². The van der Waals surface area contributed by atoms with Crippen LogP contribution < -0.4 is 4.74 Å². The van der Waals surface area contributed by atoms with Gasteiger partial charge in [0.1, 0.15) is 17.9 Å². The van der Waals surface area contributed by atoms with Gasteiger partial charge in [0.05, 0.1) is 12.2 Å². The van der Waals surface area contributed by atoms with Crippen molar-refractivity contribution in [3.05, 3.63) is 28.8 Å². The fourth-order valence-corrected chi connectivity index (χ4v) is 1.77. The van der Waals surface area contributed by atoms with Crippen molar-refractivity contribution in [2.24, 2.45) is 0 Å². The normalized spacial score (nSPS) is 14.5. The van der Waals surface area contributed by atoms with Gasteiger partial charge in [-0.3, -0.25) is 0 Å². The van der Waals surface area contributed by atoms with Crippen molar-refractivity contribution in [2.45, 2.75) is 19.7 Å². The summed E-state index contributed by atoms with van der Waals surface area (Å²) in [6.45, 7) is 1.36. The highest BCUT2D eigenvalue weighted by atomic mass is 19.4. The third-order valence-corrected chi connectivity index (χ3v) is 2.43. The molecule has 1 aliphatic rings. The molecule has 92 valence electrons. The first-order valence-electron chi connectivity index (χ1n) is 4.98. The van der Waals surface area contributed by atoms with Gasteiger partial charge < -0.3 is 9.47 Å². The average Bonchev–Trinajstić information content (AvgIpc) is 2.59. The summed E-state index contributed by atoms with van der Waals surface area (Å²) in [5, 5.41) is 0. The molecule has 0 saturated carbocycles. The lowest BCUT2D eigenvalue weighted by Crippen LogP contribution is -2.12. The summed E-state index contributed by atoms with van der Waals surface area (Å²) in [7, 11) is 0. The number of carbonyl (C=O) groups excluding carboxylic acids is 1. The predicted molar refractivity (Wildman–Crippen MR) is 51.7 cm³/mol. The van der Waals surface area contributed by atoms with E-state index in [9.17, 15) is 18.0 Å². The minimum absolute atomic E-state index is 0.0409. The van der Waals surface area contributed by atoms with E-state index >= 15 is 0 Å². The molecule has 1 aliphatic heterocycles. The van der Waals surface area contributed by atoms with E-state index in [1.807, 2.05) is 0 Å². The van der Waals surface area contributed by atoms with Crippen LogP contribution in [-0.2, 0) is 17.5 Å². The zero-order valence-corrected chi connectivity index (χ0v) is 8.93. The van der Waals surface area contributed by atoms with Crippen molar-refractivity contribution in [3.63, 3.8) is 0 Å². The second-order valence-electron chi connectivity index (χ2n) is 3.47. The number of hydrogen-bond acceptors (Lipinski definition) is 3. The van der Waals surface area contributed by atoms with Gasteiger partial charge in [0.25, 0.3) is 0 Å². The lowest BCUT2D eigenvalue weighted by atomic mass is 10.0.